The topological polar surface area (TPSA) is 55.2 Å². The number of rotatable bonds is 5. The van der Waals surface area contributed by atoms with Crippen LogP contribution in [0.15, 0.2) is 24.3 Å². The predicted molar refractivity (Wildman–Crippen MR) is 80.6 cm³/mol. The highest BCUT2D eigenvalue weighted by atomic mass is 16.6. The molecule has 1 fully saturated rings. The zero-order valence-electron chi connectivity index (χ0n) is 12.2. The summed E-state index contributed by atoms with van der Waals surface area (Å²) in [5.41, 5.74) is 1.28. The van der Waals surface area contributed by atoms with Crippen LogP contribution in [-0.2, 0) is 6.54 Å². The fourth-order valence-electron chi connectivity index (χ4n) is 2.99. The van der Waals surface area contributed by atoms with E-state index in [9.17, 15) is 10.1 Å². The summed E-state index contributed by atoms with van der Waals surface area (Å²) in [4.78, 5) is 10.3. The molecule has 0 bridgehead atoms. The largest absolute Gasteiger partial charge is 0.310 e. The minimum Gasteiger partial charge on any atom is -0.310 e. The molecule has 20 heavy (non-hydrogen) atoms. The Bertz CT molecular complexity index is 431. The lowest BCUT2D eigenvalue weighted by atomic mass is 9.98. The van der Waals surface area contributed by atoms with Crippen molar-refractivity contribution in [3.8, 4) is 0 Å². The van der Waals surface area contributed by atoms with Crippen LogP contribution in [0.2, 0.25) is 0 Å². The van der Waals surface area contributed by atoms with Crippen LogP contribution < -0.4 is 5.32 Å². The summed E-state index contributed by atoms with van der Waals surface area (Å²) in [5.74, 6) is 0.904. The Morgan fingerprint density at radius 3 is 2.60 bits per heavy atom. The van der Waals surface area contributed by atoms with Gasteiger partial charge >= 0.3 is 0 Å². The molecule has 0 saturated heterocycles. The summed E-state index contributed by atoms with van der Waals surface area (Å²) in [6, 6.07) is 7.45. The van der Waals surface area contributed by atoms with E-state index in [2.05, 4.69) is 12.2 Å². The van der Waals surface area contributed by atoms with Gasteiger partial charge in [0.1, 0.15) is 0 Å². The van der Waals surface area contributed by atoms with E-state index in [4.69, 9.17) is 0 Å². The molecule has 0 spiro atoms. The Hall–Kier alpha value is -1.42. The van der Waals surface area contributed by atoms with E-state index in [-0.39, 0.29) is 10.6 Å². The smallest absolute Gasteiger partial charge is 0.269 e. The number of non-ortho nitro benzene ring substituents is 1. The number of nitrogens with one attached hydrogen (secondary N) is 1. The average Bonchev–Trinajstić information content (AvgIpc) is 2.70. The maximum Gasteiger partial charge on any atom is 0.269 e. The fraction of sp³-hybridized carbons (Fsp3) is 0.625. The second kappa shape index (κ2) is 7.39. The van der Waals surface area contributed by atoms with Gasteiger partial charge in [0.05, 0.1) is 4.92 Å². The molecule has 1 aliphatic rings. The minimum atomic E-state index is -0.354. The van der Waals surface area contributed by atoms with Gasteiger partial charge in [-0.2, -0.15) is 0 Å². The zero-order chi connectivity index (χ0) is 14.4. The highest BCUT2D eigenvalue weighted by molar-refractivity contribution is 5.32. The standard InChI is InChI=1S/C16H24N2O2/c1-2-13-4-3-5-15(9-6-13)17-12-14-7-10-16(11-8-14)18(19)20/h7-8,10-11,13,15,17H,2-6,9,12H2,1H3. The maximum atomic E-state index is 10.6. The summed E-state index contributed by atoms with van der Waals surface area (Å²) in [6.45, 7) is 3.09. The number of nitro benzene ring substituents is 1. The van der Waals surface area contributed by atoms with Crippen molar-refractivity contribution in [2.45, 2.75) is 58.0 Å². The molecule has 0 aliphatic heterocycles. The summed E-state index contributed by atoms with van der Waals surface area (Å²) in [7, 11) is 0. The molecular weight excluding hydrogens is 252 g/mol. The lowest BCUT2D eigenvalue weighted by molar-refractivity contribution is -0.384. The van der Waals surface area contributed by atoms with E-state index < -0.39 is 0 Å². The molecule has 1 aromatic carbocycles. The number of benzene rings is 1. The first-order chi connectivity index (χ1) is 9.69. The minimum absolute atomic E-state index is 0.161. The van der Waals surface area contributed by atoms with Crippen molar-refractivity contribution in [2.75, 3.05) is 0 Å². The Morgan fingerprint density at radius 1 is 1.20 bits per heavy atom. The van der Waals surface area contributed by atoms with Crippen LogP contribution in [0.25, 0.3) is 0 Å². The maximum absolute atomic E-state index is 10.6. The van der Waals surface area contributed by atoms with Crippen molar-refractivity contribution < 1.29 is 4.92 Å². The van der Waals surface area contributed by atoms with Crippen LogP contribution in [0, 0.1) is 16.0 Å². The van der Waals surface area contributed by atoms with Crippen molar-refractivity contribution in [1.29, 1.82) is 0 Å². The summed E-state index contributed by atoms with van der Waals surface area (Å²) >= 11 is 0. The summed E-state index contributed by atoms with van der Waals surface area (Å²) in [5, 5.41) is 14.2. The lowest BCUT2D eigenvalue weighted by Crippen LogP contribution is -2.27. The fourth-order valence-corrected chi connectivity index (χ4v) is 2.99. The highest BCUT2D eigenvalue weighted by Gasteiger charge is 2.17. The van der Waals surface area contributed by atoms with Crippen LogP contribution in [-0.4, -0.2) is 11.0 Å². The van der Waals surface area contributed by atoms with E-state index in [1.54, 1.807) is 12.1 Å². The van der Waals surface area contributed by atoms with Crippen LogP contribution in [0.3, 0.4) is 0 Å². The predicted octanol–water partition coefficient (Wildman–Crippen LogP) is 4.04. The Labute approximate surface area is 120 Å². The van der Waals surface area contributed by atoms with Crippen molar-refractivity contribution >= 4 is 5.69 Å². The molecular formula is C16H24N2O2. The molecule has 0 amide bonds. The van der Waals surface area contributed by atoms with Gasteiger partial charge in [-0.05, 0) is 30.7 Å². The van der Waals surface area contributed by atoms with Gasteiger partial charge in [0.25, 0.3) is 5.69 Å². The molecule has 2 rings (SSSR count). The van der Waals surface area contributed by atoms with Crippen molar-refractivity contribution in [3.05, 3.63) is 39.9 Å². The molecule has 1 aromatic rings. The molecule has 2 unspecified atom stereocenters. The van der Waals surface area contributed by atoms with Gasteiger partial charge in [-0.1, -0.05) is 38.3 Å². The number of nitrogens with zero attached hydrogens (tertiary/aromatic N) is 1. The first kappa shape index (κ1) is 15.0. The number of hydrogen-bond acceptors (Lipinski definition) is 3. The van der Waals surface area contributed by atoms with Crippen LogP contribution in [0.1, 0.15) is 51.0 Å². The quantitative estimate of drug-likeness (QED) is 0.501. The third-order valence-corrected chi connectivity index (χ3v) is 4.41. The molecule has 1 N–H and O–H groups in total. The zero-order valence-corrected chi connectivity index (χ0v) is 12.2. The molecule has 0 aromatic heterocycles. The summed E-state index contributed by atoms with van der Waals surface area (Å²) in [6.07, 6.45) is 7.82. The van der Waals surface area contributed by atoms with Gasteiger partial charge in [-0.15, -0.1) is 0 Å². The second-order valence-electron chi connectivity index (χ2n) is 5.78. The molecule has 1 saturated carbocycles. The Kier molecular flexibility index (Phi) is 5.53. The third kappa shape index (κ3) is 4.30. The van der Waals surface area contributed by atoms with Crippen molar-refractivity contribution in [3.63, 3.8) is 0 Å². The van der Waals surface area contributed by atoms with Crippen LogP contribution >= 0.6 is 0 Å². The van der Waals surface area contributed by atoms with Gasteiger partial charge in [0, 0.05) is 24.7 Å². The van der Waals surface area contributed by atoms with Crippen molar-refractivity contribution in [1.82, 2.24) is 5.32 Å². The van der Waals surface area contributed by atoms with E-state index in [1.165, 1.54) is 38.5 Å². The second-order valence-corrected chi connectivity index (χ2v) is 5.78. The number of nitro groups is 1. The van der Waals surface area contributed by atoms with E-state index >= 15 is 0 Å². The molecule has 4 nitrogen and oxygen atoms in total. The van der Waals surface area contributed by atoms with Gasteiger partial charge < -0.3 is 5.32 Å². The van der Waals surface area contributed by atoms with Crippen molar-refractivity contribution in [2.24, 2.45) is 5.92 Å². The first-order valence-corrected chi connectivity index (χ1v) is 7.65. The normalized spacial score (nSPS) is 23.2. The van der Waals surface area contributed by atoms with E-state index in [0.29, 0.717) is 6.04 Å². The Morgan fingerprint density at radius 2 is 1.95 bits per heavy atom. The molecule has 1 aliphatic carbocycles. The van der Waals surface area contributed by atoms with Gasteiger partial charge in [0.2, 0.25) is 0 Å². The number of hydrogen-bond donors (Lipinski definition) is 1. The highest BCUT2D eigenvalue weighted by Crippen LogP contribution is 2.25. The average molecular weight is 276 g/mol. The van der Waals surface area contributed by atoms with Gasteiger partial charge in [-0.3, -0.25) is 10.1 Å². The van der Waals surface area contributed by atoms with Crippen LogP contribution in [0.4, 0.5) is 5.69 Å². The monoisotopic (exact) mass is 276 g/mol. The van der Waals surface area contributed by atoms with Crippen LogP contribution in [0.5, 0.6) is 0 Å². The molecule has 2 atom stereocenters. The summed E-state index contributed by atoms with van der Waals surface area (Å²) < 4.78 is 0. The first-order valence-electron chi connectivity index (χ1n) is 7.65. The van der Waals surface area contributed by atoms with Gasteiger partial charge in [-0.25, -0.2) is 0 Å². The molecule has 0 radical (unpaired) electrons. The van der Waals surface area contributed by atoms with Gasteiger partial charge in [0.15, 0.2) is 0 Å². The Balaban J connectivity index is 1.81. The lowest BCUT2D eigenvalue weighted by Gasteiger charge is -2.16. The SMILES string of the molecule is CCC1CCCC(NCc2ccc([N+](=O)[O-])cc2)CC1. The van der Waals surface area contributed by atoms with E-state index in [1.807, 2.05) is 12.1 Å². The molecule has 0 heterocycles. The third-order valence-electron chi connectivity index (χ3n) is 4.41. The molecule has 110 valence electrons. The van der Waals surface area contributed by atoms with E-state index in [0.717, 1.165) is 18.0 Å². The molecule has 4 heteroatoms.